The molecule has 10 heteroatoms. The highest BCUT2D eigenvalue weighted by Crippen LogP contribution is 2.35. The first-order valence-electron chi connectivity index (χ1n) is 9.57. The average Bonchev–Trinajstić information content (AvgIpc) is 3.20. The van der Waals surface area contributed by atoms with E-state index in [0.717, 1.165) is 10.6 Å². The lowest BCUT2D eigenvalue weighted by atomic mass is 10.2. The fraction of sp³-hybridized carbons (Fsp3) is 0.238. The van der Waals surface area contributed by atoms with Crippen molar-refractivity contribution in [2.45, 2.75) is 13.0 Å². The predicted molar refractivity (Wildman–Crippen MR) is 117 cm³/mol. The summed E-state index contributed by atoms with van der Waals surface area (Å²) in [7, 11) is 3.07. The number of benzene rings is 1. The van der Waals surface area contributed by atoms with Gasteiger partial charge in [0.15, 0.2) is 16.6 Å². The van der Waals surface area contributed by atoms with Crippen LogP contribution in [-0.2, 0) is 13.0 Å². The van der Waals surface area contributed by atoms with E-state index in [1.807, 2.05) is 0 Å². The molecule has 0 atom stereocenters. The lowest BCUT2D eigenvalue weighted by Gasteiger charge is -2.26. The molecule has 0 fully saturated rings. The summed E-state index contributed by atoms with van der Waals surface area (Å²) in [6, 6.07) is 10.2. The number of hydrogen-bond acceptors (Lipinski definition) is 7. The van der Waals surface area contributed by atoms with Gasteiger partial charge in [-0.3, -0.25) is 15.1 Å². The van der Waals surface area contributed by atoms with Crippen molar-refractivity contribution < 1.29 is 19.1 Å². The fourth-order valence-corrected chi connectivity index (χ4v) is 4.28. The molecule has 9 nitrogen and oxygen atoms in total. The van der Waals surface area contributed by atoms with E-state index < -0.39 is 0 Å². The van der Waals surface area contributed by atoms with E-state index in [4.69, 9.17) is 9.47 Å². The molecule has 0 radical (unpaired) electrons. The van der Waals surface area contributed by atoms with Gasteiger partial charge < -0.3 is 19.7 Å². The van der Waals surface area contributed by atoms with Crippen molar-refractivity contribution in [3.05, 3.63) is 58.9 Å². The Labute approximate surface area is 183 Å². The van der Waals surface area contributed by atoms with Gasteiger partial charge in [0.1, 0.15) is 5.69 Å². The van der Waals surface area contributed by atoms with Crippen LogP contribution >= 0.6 is 11.3 Å². The van der Waals surface area contributed by atoms with Crippen molar-refractivity contribution in [3.63, 3.8) is 0 Å². The van der Waals surface area contributed by atoms with Gasteiger partial charge in [-0.05, 0) is 24.3 Å². The minimum atomic E-state index is -0.314. The second kappa shape index (κ2) is 9.00. The molecule has 0 aliphatic carbocycles. The van der Waals surface area contributed by atoms with Crippen molar-refractivity contribution in [1.82, 2.24) is 14.9 Å². The first-order valence-corrected chi connectivity index (χ1v) is 10.4. The monoisotopic (exact) mass is 439 g/mol. The number of aromatic nitrogens is 2. The standard InChI is InChI=1S/C21H21N5O4S/c1-29-16-8-5-7-14(18(16)30-2)24-21(28)26-11-9-13-17(12-26)31-20(23-13)25-19(27)15-6-3-4-10-22-15/h3-8,10H,9,11-12H2,1-2H3,(H,24,28)(H,23,25,27). The first kappa shape index (κ1) is 20.6. The summed E-state index contributed by atoms with van der Waals surface area (Å²) in [5.74, 6) is 0.691. The number of nitrogens with zero attached hydrogens (tertiary/aromatic N) is 3. The zero-order valence-electron chi connectivity index (χ0n) is 17.0. The molecule has 160 valence electrons. The number of hydrogen-bond donors (Lipinski definition) is 2. The van der Waals surface area contributed by atoms with Gasteiger partial charge in [-0.15, -0.1) is 0 Å². The zero-order chi connectivity index (χ0) is 21.8. The van der Waals surface area contributed by atoms with Crippen molar-refractivity contribution in [3.8, 4) is 11.5 Å². The summed E-state index contributed by atoms with van der Waals surface area (Å²) in [4.78, 5) is 36.3. The molecular formula is C21H21N5O4S. The van der Waals surface area contributed by atoms with Crippen LogP contribution in [0.1, 0.15) is 21.1 Å². The van der Waals surface area contributed by atoms with E-state index in [1.54, 1.807) is 54.6 Å². The van der Waals surface area contributed by atoms with Crippen molar-refractivity contribution in [2.75, 3.05) is 31.4 Å². The molecule has 0 saturated heterocycles. The average molecular weight is 439 g/mol. The Kier molecular flexibility index (Phi) is 5.99. The van der Waals surface area contributed by atoms with Crippen LogP contribution in [-0.4, -0.2) is 47.6 Å². The van der Waals surface area contributed by atoms with Crippen LogP contribution in [0.3, 0.4) is 0 Å². The van der Waals surface area contributed by atoms with Crippen LogP contribution in [0.15, 0.2) is 42.6 Å². The summed E-state index contributed by atoms with van der Waals surface area (Å²) in [6.45, 7) is 0.924. The van der Waals surface area contributed by atoms with Gasteiger partial charge in [0, 0.05) is 24.0 Å². The molecule has 0 bridgehead atoms. The summed E-state index contributed by atoms with van der Waals surface area (Å²) in [5, 5.41) is 6.17. The molecule has 1 aromatic carbocycles. The second-order valence-electron chi connectivity index (χ2n) is 6.70. The van der Waals surface area contributed by atoms with Crippen molar-refractivity contribution in [1.29, 1.82) is 0 Å². The van der Waals surface area contributed by atoms with Crippen LogP contribution in [0.5, 0.6) is 11.5 Å². The Morgan fingerprint density at radius 1 is 1.10 bits per heavy atom. The molecule has 4 rings (SSSR count). The maximum atomic E-state index is 12.8. The number of carbonyl (C=O) groups is 2. The number of ether oxygens (including phenoxy) is 2. The van der Waals surface area contributed by atoms with Gasteiger partial charge in [0.25, 0.3) is 5.91 Å². The molecule has 3 heterocycles. The molecular weight excluding hydrogens is 418 g/mol. The van der Waals surface area contributed by atoms with E-state index in [9.17, 15) is 9.59 Å². The Morgan fingerprint density at radius 3 is 2.71 bits per heavy atom. The minimum Gasteiger partial charge on any atom is -0.493 e. The topological polar surface area (TPSA) is 106 Å². The molecule has 2 N–H and O–H groups in total. The Bertz CT molecular complexity index is 1100. The normalized spacial score (nSPS) is 12.6. The number of amides is 3. The van der Waals surface area contributed by atoms with E-state index in [0.29, 0.717) is 47.5 Å². The Morgan fingerprint density at radius 2 is 1.97 bits per heavy atom. The Balaban J connectivity index is 1.43. The summed E-state index contributed by atoms with van der Waals surface area (Å²) < 4.78 is 10.7. The second-order valence-corrected chi connectivity index (χ2v) is 7.78. The van der Waals surface area contributed by atoms with Crippen molar-refractivity contribution >= 4 is 34.1 Å². The third-order valence-corrected chi connectivity index (χ3v) is 5.78. The predicted octanol–water partition coefficient (Wildman–Crippen LogP) is 3.40. The molecule has 31 heavy (non-hydrogen) atoms. The van der Waals surface area contributed by atoms with Gasteiger partial charge in [0.05, 0.1) is 32.1 Å². The van der Waals surface area contributed by atoms with Crippen LogP contribution in [0.25, 0.3) is 0 Å². The van der Waals surface area contributed by atoms with Crippen molar-refractivity contribution in [2.24, 2.45) is 0 Å². The highest BCUT2D eigenvalue weighted by atomic mass is 32.1. The van der Waals surface area contributed by atoms with Crippen LogP contribution in [0.4, 0.5) is 15.6 Å². The highest BCUT2D eigenvalue weighted by molar-refractivity contribution is 7.15. The van der Waals surface area contributed by atoms with E-state index in [-0.39, 0.29) is 11.9 Å². The van der Waals surface area contributed by atoms with Gasteiger partial charge in [-0.25, -0.2) is 9.78 Å². The maximum absolute atomic E-state index is 12.8. The van der Waals surface area contributed by atoms with Gasteiger partial charge in [0.2, 0.25) is 0 Å². The lowest BCUT2D eigenvalue weighted by molar-refractivity contribution is 0.102. The SMILES string of the molecule is COc1cccc(NC(=O)N2CCc3nc(NC(=O)c4ccccn4)sc3C2)c1OC. The molecule has 0 unspecified atom stereocenters. The van der Waals surface area contributed by atoms with E-state index in [1.165, 1.54) is 18.4 Å². The van der Waals surface area contributed by atoms with E-state index >= 15 is 0 Å². The molecule has 2 aromatic heterocycles. The highest BCUT2D eigenvalue weighted by Gasteiger charge is 2.25. The number of rotatable bonds is 5. The summed E-state index contributed by atoms with van der Waals surface area (Å²) >= 11 is 1.36. The number of para-hydroxylation sites is 1. The third kappa shape index (κ3) is 4.43. The molecule has 0 spiro atoms. The number of urea groups is 1. The third-order valence-electron chi connectivity index (χ3n) is 4.78. The molecule has 3 amide bonds. The molecule has 1 aliphatic rings. The first-order chi connectivity index (χ1) is 15.1. The molecule has 1 aliphatic heterocycles. The van der Waals surface area contributed by atoms with E-state index in [2.05, 4.69) is 20.6 Å². The Hall–Kier alpha value is -3.66. The van der Waals surface area contributed by atoms with Crippen LogP contribution < -0.4 is 20.1 Å². The lowest BCUT2D eigenvalue weighted by Crippen LogP contribution is -2.38. The maximum Gasteiger partial charge on any atom is 0.322 e. The molecule has 0 saturated carbocycles. The number of pyridine rings is 1. The van der Waals surface area contributed by atoms with Gasteiger partial charge in [-0.1, -0.05) is 23.5 Å². The quantitative estimate of drug-likeness (QED) is 0.631. The number of anilines is 2. The minimum absolute atomic E-state index is 0.246. The van der Waals surface area contributed by atoms with Crippen LogP contribution in [0, 0.1) is 0 Å². The largest absolute Gasteiger partial charge is 0.493 e. The number of methoxy groups -OCH3 is 2. The smallest absolute Gasteiger partial charge is 0.322 e. The zero-order valence-corrected chi connectivity index (χ0v) is 17.9. The fourth-order valence-electron chi connectivity index (χ4n) is 3.26. The number of nitrogens with one attached hydrogen (secondary N) is 2. The number of fused-ring (bicyclic) bond motifs is 1. The van der Waals surface area contributed by atoms with Gasteiger partial charge in [-0.2, -0.15) is 0 Å². The van der Waals surface area contributed by atoms with Gasteiger partial charge >= 0.3 is 6.03 Å². The summed E-state index contributed by atoms with van der Waals surface area (Å²) in [6.07, 6.45) is 2.17. The van der Waals surface area contributed by atoms with Crippen LogP contribution in [0.2, 0.25) is 0 Å². The molecule has 3 aromatic rings. The summed E-state index contributed by atoms with van der Waals surface area (Å²) in [5.41, 5.74) is 1.75. The number of thiazole rings is 1. The number of carbonyl (C=O) groups excluding carboxylic acids is 2.